The van der Waals surface area contributed by atoms with Crippen LogP contribution in [0.25, 0.3) is 21.9 Å². The summed E-state index contributed by atoms with van der Waals surface area (Å²) < 4.78 is 28.1. The van der Waals surface area contributed by atoms with Crippen LogP contribution in [0.15, 0.2) is 18.5 Å². The first-order valence-corrected chi connectivity index (χ1v) is 11.4. The lowest BCUT2D eigenvalue weighted by Crippen LogP contribution is -2.58. The van der Waals surface area contributed by atoms with Crippen molar-refractivity contribution < 1.29 is 8.42 Å². The van der Waals surface area contributed by atoms with Gasteiger partial charge in [0, 0.05) is 33.6 Å². The molecule has 0 spiro atoms. The summed E-state index contributed by atoms with van der Waals surface area (Å²) >= 11 is 0. The number of rotatable bonds is 4. The highest BCUT2D eigenvalue weighted by molar-refractivity contribution is 7.90. The topological polar surface area (TPSA) is 104 Å². The number of aromatic amines is 2. The molecule has 4 saturated carbocycles. The van der Waals surface area contributed by atoms with Crippen LogP contribution in [0.4, 0.5) is 0 Å². The molecule has 142 valence electrons. The van der Waals surface area contributed by atoms with Crippen LogP contribution in [-0.2, 0) is 15.4 Å². The van der Waals surface area contributed by atoms with Gasteiger partial charge in [0.25, 0.3) is 0 Å². The van der Waals surface area contributed by atoms with Crippen molar-refractivity contribution in [2.45, 2.75) is 67.6 Å². The van der Waals surface area contributed by atoms with E-state index in [2.05, 4.69) is 24.9 Å². The molecular weight excluding hydrogens is 362 g/mol. The summed E-state index contributed by atoms with van der Waals surface area (Å²) in [5.74, 6) is 0. The summed E-state index contributed by atoms with van der Waals surface area (Å²) in [5, 5.41) is 8.87. The van der Waals surface area contributed by atoms with Gasteiger partial charge in [-0.25, -0.2) is 23.1 Å². The Morgan fingerprint density at radius 1 is 1.04 bits per heavy atom. The maximum Gasteiger partial charge on any atom is 0.214 e. The van der Waals surface area contributed by atoms with E-state index < -0.39 is 10.0 Å². The van der Waals surface area contributed by atoms with Gasteiger partial charge >= 0.3 is 0 Å². The Morgan fingerprint density at radius 3 is 2.48 bits per heavy atom. The molecule has 0 unspecified atom stereocenters. The molecule has 3 heterocycles. The molecule has 27 heavy (non-hydrogen) atoms. The van der Waals surface area contributed by atoms with Crippen LogP contribution in [0.5, 0.6) is 0 Å². The van der Waals surface area contributed by atoms with Gasteiger partial charge in [0.15, 0.2) is 5.65 Å². The SMILES string of the molecule is O=S(=O)(NC12CCC(c3[nH][nH]c4cnc5nccc5c34)(CC1)CC2)C1CC1. The Kier molecular flexibility index (Phi) is 3.04. The minimum Gasteiger partial charge on any atom is -0.304 e. The first kappa shape index (κ1) is 16.1. The molecule has 0 radical (unpaired) electrons. The molecule has 7 nitrogen and oxygen atoms in total. The van der Waals surface area contributed by atoms with Gasteiger partial charge in [0.05, 0.1) is 17.0 Å². The fourth-order valence-corrected chi connectivity index (χ4v) is 7.22. The van der Waals surface area contributed by atoms with Gasteiger partial charge in [-0.3, -0.25) is 5.10 Å². The third kappa shape index (κ3) is 2.26. The summed E-state index contributed by atoms with van der Waals surface area (Å²) in [6.07, 6.45) is 11.0. The van der Waals surface area contributed by atoms with Crippen LogP contribution in [0, 0.1) is 0 Å². The second-order valence-corrected chi connectivity index (χ2v) is 10.7. The molecule has 0 saturated heterocycles. The van der Waals surface area contributed by atoms with Crippen LogP contribution in [0.1, 0.15) is 57.1 Å². The highest BCUT2D eigenvalue weighted by atomic mass is 32.2. The third-order valence-corrected chi connectivity index (χ3v) is 9.27. The van der Waals surface area contributed by atoms with E-state index in [-0.39, 0.29) is 16.2 Å². The minimum absolute atomic E-state index is 0.0799. The number of aromatic nitrogens is 4. The monoisotopic (exact) mass is 385 g/mol. The first-order chi connectivity index (χ1) is 13.0. The third-order valence-electron chi connectivity index (χ3n) is 7.20. The fraction of sp³-hybridized carbons (Fsp3) is 0.579. The second-order valence-electron chi connectivity index (χ2n) is 8.76. The van der Waals surface area contributed by atoms with Crippen molar-refractivity contribution in [2.75, 3.05) is 0 Å². The Labute approximate surface area is 157 Å². The minimum atomic E-state index is -3.14. The van der Waals surface area contributed by atoms with E-state index >= 15 is 0 Å². The quantitative estimate of drug-likeness (QED) is 0.642. The molecule has 4 aliphatic rings. The van der Waals surface area contributed by atoms with E-state index in [1.54, 1.807) is 0 Å². The molecule has 0 aromatic carbocycles. The standard InChI is InChI=1S/C19H23N5O2S/c25-27(26,12-1-2-12)24-19-7-4-18(5-8-19,6-9-19)16-15-13-3-10-20-17(13)21-11-14(15)22-23-16/h3,10-12,22-24H,1-2,4-9H2. The lowest BCUT2D eigenvalue weighted by Gasteiger charge is -2.53. The molecular formula is C19H23N5O2S. The highest BCUT2D eigenvalue weighted by Crippen LogP contribution is 2.55. The van der Waals surface area contributed by atoms with Gasteiger partial charge in [-0.2, -0.15) is 0 Å². The predicted octanol–water partition coefficient (Wildman–Crippen LogP) is 2.87. The van der Waals surface area contributed by atoms with Gasteiger partial charge in [-0.05, 0) is 57.4 Å². The van der Waals surface area contributed by atoms with E-state index in [1.807, 2.05) is 18.5 Å². The largest absolute Gasteiger partial charge is 0.304 e. The molecule has 4 aliphatic carbocycles. The van der Waals surface area contributed by atoms with Crippen molar-refractivity contribution in [1.82, 2.24) is 24.9 Å². The lowest BCUT2D eigenvalue weighted by molar-refractivity contribution is 0.0927. The molecule has 2 bridgehead atoms. The van der Waals surface area contributed by atoms with Gasteiger partial charge in [0.1, 0.15) is 0 Å². The van der Waals surface area contributed by atoms with Crippen LogP contribution in [0.2, 0.25) is 0 Å². The van der Waals surface area contributed by atoms with Crippen LogP contribution >= 0.6 is 0 Å². The Bertz CT molecular complexity index is 1130. The molecule has 7 rings (SSSR count). The van der Waals surface area contributed by atoms with E-state index in [9.17, 15) is 8.42 Å². The predicted molar refractivity (Wildman–Crippen MR) is 103 cm³/mol. The Morgan fingerprint density at radius 2 is 1.78 bits per heavy atom. The maximum absolute atomic E-state index is 12.5. The van der Waals surface area contributed by atoms with E-state index in [4.69, 9.17) is 0 Å². The number of sulfonamides is 1. The van der Waals surface area contributed by atoms with Crippen molar-refractivity contribution in [3.8, 4) is 0 Å². The second kappa shape index (κ2) is 5.11. The summed E-state index contributed by atoms with van der Waals surface area (Å²) in [7, 11) is -3.14. The molecule has 0 atom stereocenters. The fourth-order valence-electron chi connectivity index (χ4n) is 5.39. The van der Waals surface area contributed by atoms with Gasteiger partial charge < -0.3 is 5.10 Å². The molecule has 0 amide bonds. The zero-order chi connectivity index (χ0) is 18.3. The smallest absolute Gasteiger partial charge is 0.214 e. The molecule has 3 aromatic rings. The Balaban J connectivity index is 1.37. The van der Waals surface area contributed by atoms with Gasteiger partial charge in [-0.15, -0.1) is 0 Å². The Hall–Kier alpha value is -1.93. The molecule has 3 N–H and O–H groups in total. The van der Waals surface area contributed by atoms with Crippen LogP contribution < -0.4 is 4.72 Å². The molecule has 4 fully saturated rings. The lowest BCUT2D eigenvalue weighted by atomic mass is 9.56. The van der Waals surface area contributed by atoms with Crippen LogP contribution in [-0.4, -0.2) is 39.4 Å². The van der Waals surface area contributed by atoms with Gasteiger partial charge in [-0.1, -0.05) is 0 Å². The zero-order valence-electron chi connectivity index (χ0n) is 15.1. The molecule has 3 aromatic heterocycles. The average Bonchev–Trinajstić information content (AvgIpc) is 3.27. The van der Waals surface area contributed by atoms with Crippen molar-refractivity contribution in [1.29, 1.82) is 0 Å². The van der Waals surface area contributed by atoms with E-state index in [0.29, 0.717) is 0 Å². The number of hydrogen-bond donors (Lipinski definition) is 3. The molecule has 0 aliphatic heterocycles. The van der Waals surface area contributed by atoms with Crippen LogP contribution in [0.3, 0.4) is 0 Å². The number of nitrogens with zero attached hydrogens (tertiary/aromatic N) is 2. The van der Waals surface area contributed by atoms with Gasteiger partial charge in [0.2, 0.25) is 10.0 Å². The summed E-state index contributed by atoms with van der Waals surface area (Å²) in [5.41, 5.74) is 2.89. The summed E-state index contributed by atoms with van der Waals surface area (Å²) in [6, 6.07) is 2.03. The summed E-state index contributed by atoms with van der Waals surface area (Å²) in [4.78, 5) is 8.77. The van der Waals surface area contributed by atoms with Crippen molar-refractivity contribution >= 4 is 32.0 Å². The van der Waals surface area contributed by atoms with E-state index in [0.717, 1.165) is 67.9 Å². The first-order valence-electron chi connectivity index (χ1n) is 9.84. The highest BCUT2D eigenvalue weighted by Gasteiger charge is 2.53. The zero-order valence-corrected chi connectivity index (χ0v) is 15.9. The van der Waals surface area contributed by atoms with Crippen molar-refractivity contribution in [2.24, 2.45) is 0 Å². The number of hydrogen-bond acceptors (Lipinski definition) is 4. The normalized spacial score (nSPS) is 31.1. The van der Waals surface area contributed by atoms with E-state index in [1.165, 1.54) is 11.1 Å². The number of fused-ring (bicyclic) bond motifs is 6. The summed E-state index contributed by atoms with van der Waals surface area (Å²) in [6.45, 7) is 0. The van der Waals surface area contributed by atoms with Crippen molar-refractivity contribution in [3.05, 3.63) is 24.2 Å². The number of nitrogens with one attached hydrogen (secondary N) is 3. The maximum atomic E-state index is 12.5. The number of H-pyrrole nitrogens is 2. The average molecular weight is 385 g/mol. The number of pyridine rings is 1. The van der Waals surface area contributed by atoms with Crippen molar-refractivity contribution in [3.63, 3.8) is 0 Å². The molecule has 8 heteroatoms.